The third-order valence-corrected chi connectivity index (χ3v) is 2.40. The van der Waals surface area contributed by atoms with E-state index >= 15 is 0 Å². The first kappa shape index (κ1) is 10.1. The van der Waals surface area contributed by atoms with Crippen molar-refractivity contribution in [3.63, 3.8) is 0 Å². The van der Waals surface area contributed by atoms with Crippen molar-refractivity contribution in [2.24, 2.45) is 0 Å². The van der Waals surface area contributed by atoms with E-state index in [9.17, 15) is 10.2 Å². The van der Waals surface area contributed by atoms with Gasteiger partial charge in [-0.3, -0.25) is 0 Å². The van der Waals surface area contributed by atoms with E-state index in [1.54, 1.807) is 19.1 Å². The van der Waals surface area contributed by atoms with E-state index in [0.29, 0.717) is 31.1 Å². The average molecular weight is 209 g/mol. The molecule has 0 saturated heterocycles. The van der Waals surface area contributed by atoms with Crippen molar-refractivity contribution in [1.82, 2.24) is 0 Å². The van der Waals surface area contributed by atoms with Gasteiger partial charge in [0.1, 0.15) is 23.8 Å². The number of phenolic OH excluding ortho intramolecular Hbond substituents is 1. The maximum Gasteiger partial charge on any atom is 0.146 e. The zero-order valence-corrected chi connectivity index (χ0v) is 8.68. The first-order valence-electron chi connectivity index (χ1n) is 5.06. The number of para-hydroxylation sites is 1. The summed E-state index contributed by atoms with van der Waals surface area (Å²) in [6.07, 6.45) is -0.421. The highest BCUT2D eigenvalue weighted by molar-refractivity contribution is 5.68. The normalized spacial score (nSPS) is 16.8. The molecular formula is C11H15NO3. The molecule has 1 aliphatic rings. The summed E-state index contributed by atoms with van der Waals surface area (Å²) < 4.78 is 5.43. The number of aliphatic hydroxyl groups is 1. The Hall–Kier alpha value is -1.42. The van der Waals surface area contributed by atoms with Crippen molar-refractivity contribution < 1.29 is 14.9 Å². The SMILES string of the molecule is CC(O)CN1CCOc2cccc(O)c21. The molecule has 1 unspecified atom stereocenters. The Balaban J connectivity index is 2.32. The Morgan fingerprint density at radius 2 is 2.33 bits per heavy atom. The van der Waals surface area contributed by atoms with Crippen LogP contribution in [0.2, 0.25) is 0 Å². The van der Waals surface area contributed by atoms with E-state index in [4.69, 9.17) is 4.74 Å². The fourth-order valence-electron chi connectivity index (χ4n) is 1.82. The predicted octanol–water partition coefficient (Wildman–Crippen LogP) is 0.972. The van der Waals surface area contributed by atoms with Crippen LogP contribution in [0.15, 0.2) is 18.2 Å². The number of ether oxygens (including phenoxy) is 1. The first-order valence-corrected chi connectivity index (χ1v) is 5.06. The number of rotatable bonds is 2. The molecule has 2 rings (SSSR count). The summed E-state index contributed by atoms with van der Waals surface area (Å²) in [5.74, 6) is 0.884. The molecule has 0 aliphatic carbocycles. The Labute approximate surface area is 88.7 Å². The summed E-state index contributed by atoms with van der Waals surface area (Å²) in [6.45, 7) is 3.52. The fraction of sp³-hybridized carbons (Fsp3) is 0.455. The van der Waals surface area contributed by atoms with Gasteiger partial charge in [0, 0.05) is 6.54 Å². The van der Waals surface area contributed by atoms with Crippen LogP contribution in [-0.2, 0) is 0 Å². The minimum Gasteiger partial charge on any atom is -0.506 e. The highest BCUT2D eigenvalue weighted by Gasteiger charge is 2.22. The summed E-state index contributed by atoms with van der Waals surface area (Å²) in [6, 6.07) is 5.20. The van der Waals surface area contributed by atoms with Gasteiger partial charge in [-0.2, -0.15) is 0 Å². The second-order valence-corrected chi connectivity index (χ2v) is 3.77. The lowest BCUT2D eigenvalue weighted by Gasteiger charge is -2.32. The predicted molar refractivity (Wildman–Crippen MR) is 57.5 cm³/mol. The van der Waals surface area contributed by atoms with Gasteiger partial charge >= 0.3 is 0 Å². The zero-order chi connectivity index (χ0) is 10.8. The van der Waals surface area contributed by atoms with Crippen LogP contribution in [0.25, 0.3) is 0 Å². The molecule has 0 spiro atoms. The molecule has 0 radical (unpaired) electrons. The molecule has 0 fully saturated rings. The molecule has 1 aromatic carbocycles. The van der Waals surface area contributed by atoms with Crippen molar-refractivity contribution in [2.45, 2.75) is 13.0 Å². The third-order valence-electron chi connectivity index (χ3n) is 2.40. The quantitative estimate of drug-likeness (QED) is 0.762. The Morgan fingerprint density at radius 1 is 1.53 bits per heavy atom. The van der Waals surface area contributed by atoms with Crippen LogP contribution in [0, 0.1) is 0 Å². The van der Waals surface area contributed by atoms with Crippen molar-refractivity contribution in [1.29, 1.82) is 0 Å². The van der Waals surface area contributed by atoms with Crippen LogP contribution in [0.5, 0.6) is 11.5 Å². The number of aliphatic hydroxyl groups excluding tert-OH is 1. The van der Waals surface area contributed by atoms with Crippen LogP contribution < -0.4 is 9.64 Å². The standard InChI is InChI=1S/C11H15NO3/c1-8(13)7-12-5-6-15-10-4-2-3-9(14)11(10)12/h2-4,8,13-14H,5-7H2,1H3. The van der Waals surface area contributed by atoms with Crippen LogP contribution >= 0.6 is 0 Å². The number of β-amino-alcohol motifs (C(OH)–C–C–N with tert-alkyl or cyclic N) is 1. The van der Waals surface area contributed by atoms with Gasteiger partial charge in [0.2, 0.25) is 0 Å². The van der Waals surface area contributed by atoms with Gasteiger partial charge in [-0.05, 0) is 19.1 Å². The summed E-state index contributed by atoms with van der Waals surface area (Å²) in [5, 5.41) is 19.1. The van der Waals surface area contributed by atoms with Gasteiger partial charge in [-0.15, -0.1) is 0 Å². The van der Waals surface area contributed by atoms with Crippen LogP contribution in [-0.4, -0.2) is 36.0 Å². The number of hydrogen-bond donors (Lipinski definition) is 2. The van der Waals surface area contributed by atoms with E-state index in [2.05, 4.69) is 0 Å². The molecule has 0 aromatic heterocycles. The Bertz CT molecular complexity index is 352. The summed E-state index contributed by atoms with van der Waals surface area (Å²) in [4.78, 5) is 1.94. The van der Waals surface area contributed by atoms with Crippen LogP contribution in [0.4, 0.5) is 5.69 Å². The van der Waals surface area contributed by atoms with Gasteiger partial charge in [0.25, 0.3) is 0 Å². The van der Waals surface area contributed by atoms with E-state index < -0.39 is 6.10 Å². The average Bonchev–Trinajstić information content (AvgIpc) is 2.17. The molecule has 1 aromatic rings. The lowest BCUT2D eigenvalue weighted by atomic mass is 10.2. The van der Waals surface area contributed by atoms with Crippen LogP contribution in [0.1, 0.15) is 6.92 Å². The van der Waals surface area contributed by atoms with Crippen molar-refractivity contribution in [3.05, 3.63) is 18.2 Å². The lowest BCUT2D eigenvalue weighted by Crippen LogP contribution is -2.37. The molecule has 0 saturated carbocycles. The Morgan fingerprint density at radius 3 is 3.07 bits per heavy atom. The highest BCUT2D eigenvalue weighted by Crippen LogP contribution is 2.38. The molecule has 1 aliphatic heterocycles. The van der Waals surface area contributed by atoms with E-state index in [0.717, 1.165) is 0 Å². The van der Waals surface area contributed by atoms with E-state index in [1.807, 2.05) is 11.0 Å². The third kappa shape index (κ3) is 1.99. The maximum absolute atomic E-state index is 9.74. The summed E-state index contributed by atoms with van der Waals surface area (Å²) in [7, 11) is 0. The molecule has 4 nitrogen and oxygen atoms in total. The molecule has 0 amide bonds. The number of phenols is 1. The zero-order valence-electron chi connectivity index (χ0n) is 8.68. The molecular weight excluding hydrogens is 194 g/mol. The monoisotopic (exact) mass is 209 g/mol. The topological polar surface area (TPSA) is 52.9 Å². The van der Waals surface area contributed by atoms with E-state index in [1.165, 1.54) is 0 Å². The van der Waals surface area contributed by atoms with Gasteiger partial charge in [-0.25, -0.2) is 0 Å². The number of benzene rings is 1. The second-order valence-electron chi connectivity index (χ2n) is 3.77. The molecule has 2 N–H and O–H groups in total. The van der Waals surface area contributed by atoms with Gasteiger partial charge < -0.3 is 19.8 Å². The smallest absolute Gasteiger partial charge is 0.146 e. The summed E-state index contributed by atoms with van der Waals surface area (Å²) in [5.41, 5.74) is 0.685. The lowest BCUT2D eigenvalue weighted by molar-refractivity contribution is 0.194. The number of hydrogen-bond acceptors (Lipinski definition) is 4. The number of nitrogens with zero attached hydrogens (tertiary/aromatic N) is 1. The minimum atomic E-state index is -0.421. The molecule has 0 bridgehead atoms. The Kier molecular flexibility index (Phi) is 2.68. The van der Waals surface area contributed by atoms with Gasteiger partial charge in [0.05, 0.1) is 12.6 Å². The molecule has 1 heterocycles. The number of aromatic hydroxyl groups is 1. The van der Waals surface area contributed by atoms with Crippen molar-refractivity contribution >= 4 is 5.69 Å². The minimum absolute atomic E-state index is 0.202. The molecule has 82 valence electrons. The van der Waals surface area contributed by atoms with Gasteiger partial charge in [0.15, 0.2) is 0 Å². The highest BCUT2D eigenvalue weighted by atomic mass is 16.5. The van der Waals surface area contributed by atoms with Crippen molar-refractivity contribution in [2.75, 3.05) is 24.6 Å². The molecule has 15 heavy (non-hydrogen) atoms. The molecule has 1 atom stereocenters. The summed E-state index contributed by atoms with van der Waals surface area (Å²) >= 11 is 0. The number of fused-ring (bicyclic) bond motifs is 1. The molecule has 4 heteroatoms. The van der Waals surface area contributed by atoms with E-state index in [-0.39, 0.29) is 5.75 Å². The maximum atomic E-state index is 9.74. The first-order chi connectivity index (χ1) is 7.18. The van der Waals surface area contributed by atoms with Crippen LogP contribution in [0.3, 0.4) is 0 Å². The fourth-order valence-corrected chi connectivity index (χ4v) is 1.82. The van der Waals surface area contributed by atoms with Crippen molar-refractivity contribution in [3.8, 4) is 11.5 Å². The number of anilines is 1. The largest absolute Gasteiger partial charge is 0.506 e. The van der Waals surface area contributed by atoms with Gasteiger partial charge in [-0.1, -0.05) is 6.07 Å². The second kappa shape index (κ2) is 3.98.